The van der Waals surface area contributed by atoms with Crippen molar-refractivity contribution in [3.8, 4) is 5.75 Å². The van der Waals surface area contributed by atoms with Crippen molar-refractivity contribution < 1.29 is 18.3 Å². The molecule has 0 aliphatic rings. The van der Waals surface area contributed by atoms with Crippen LogP contribution in [0.2, 0.25) is 0 Å². The zero-order valence-corrected chi connectivity index (χ0v) is 16.6. The standard InChI is InChI=1S/C22H28F2N2O2/c1-4-26(16(2)3)15-18-5-9-19(10-6-18)21(27)25-14-13-17-7-11-20(12-8-17)28-22(23)24/h5-12,16,22H,4,13-15H2,1-3H3,(H,25,27). The quantitative estimate of drug-likeness (QED) is 0.650. The van der Waals surface area contributed by atoms with Crippen LogP contribution in [0, 0.1) is 0 Å². The molecule has 0 heterocycles. The van der Waals surface area contributed by atoms with Crippen molar-refractivity contribution in [2.45, 2.75) is 46.4 Å². The van der Waals surface area contributed by atoms with E-state index >= 15 is 0 Å². The number of amides is 1. The van der Waals surface area contributed by atoms with Crippen molar-refractivity contribution in [1.82, 2.24) is 10.2 Å². The van der Waals surface area contributed by atoms with Gasteiger partial charge in [-0.25, -0.2) is 0 Å². The Morgan fingerprint density at radius 1 is 1.04 bits per heavy atom. The lowest BCUT2D eigenvalue weighted by molar-refractivity contribution is -0.0498. The van der Waals surface area contributed by atoms with Crippen LogP contribution in [0.4, 0.5) is 8.78 Å². The Balaban J connectivity index is 1.81. The minimum absolute atomic E-state index is 0.125. The summed E-state index contributed by atoms with van der Waals surface area (Å²) in [6.07, 6.45) is 0.610. The van der Waals surface area contributed by atoms with Crippen LogP contribution in [0.5, 0.6) is 5.75 Å². The van der Waals surface area contributed by atoms with Crippen LogP contribution < -0.4 is 10.1 Å². The topological polar surface area (TPSA) is 41.6 Å². The highest BCUT2D eigenvalue weighted by Gasteiger charge is 2.09. The molecule has 2 aromatic carbocycles. The molecule has 1 amide bonds. The van der Waals surface area contributed by atoms with E-state index in [9.17, 15) is 13.6 Å². The average Bonchev–Trinajstić information content (AvgIpc) is 2.67. The Hall–Kier alpha value is -2.47. The van der Waals surface area contributed by atoms with Crippen LogP contribution in [-0.2, 0) is 13.0 Å². The zero-order chi connectivity index (χ0) is 20.5. The molecule has 152 valence electrons. The fourth-order valence-corrected chi connectivity index (χ4v) is 2.92. The van der Waals surface area contributed by atoms with E-state index in [1.807, 2.05) is 24.3 Å². The van der Waals surface area contributed by atoms with Gasteiger partial charge in [0.05, 0.1) is 0 Å². The van der Waals surface area contributed by atoms with Gasteiger partial charge in [0.15, 0.2) is 0 Å². The minimum atomic E-state index is -2.83. The number of carbonyl (C=O) groups excluding carboxylic acids is 1. The van der Waals surface area contributed by atoms with E-state index in [0.29, 0.717) is 24.6 Å². The number of benzene rings is 2. The first kappa shape index (κ1) is 21.8. The van der Waals surface area contributed by atoms with Gasteiger partial charge in [0.2, 0.25) is 0 Å². The number of rotatable bonds is 10. The first-order valence-electron chi connectivity index (χ1n) is 9.54. The fraction of sp³-hybridized carbons (Fsp3) is 0.409. The van der Waals surface area contributed by atoms with Crippen molar-refractivity contribution in [3.05, 3.63) is 65.2 Å². The lowest BCUT2D eigenvalue weighted by Gasteiger charge is -2.24. The third-order valence-corrected chi connectivity index (χ3v) is 4.59. The predicted octanol–water partition coefficient (Wildman–Crippen LogP) is 4.49. The summed E-state index contributed by atoms with van der Waals surface area (Å²) in [5.74, 6) is 0.00221. The second-order valence-corrected chi connectivity index (χ2v) is 6.88. The number of hydrogen-bond donors (Lipinski definition) is 1. The van der Waals surface area contributed by atoms with Crippen LogP contribution in [0.1, 0.15) is 42.3 Å². The molecule has 0 saturated carbocycles. The lowest BCUT2D eigenvalue weighted by Crippen LogP contribution is -2.30. The summed E-state index contributed by atoms with van der Waals surface area (Å²) in [5, 5.41) is 2.88. The van der Waals surface area contributed by atoms with Crippen LogP contribution in [0.3, 0.4) is 0 Å². The first-order chi connectivity index (χ1) is 13.4. The summed E-state index contributed by atoms with van der Waals surface area (Å²) in [5.41, 5.74) is 2.74. The minimum Gasteiger partial charge on any atom is -0.435 e. The van der Waals surface area contributed by atoms with E-state index < -0.39 is 6.61 Å². The van der Waals surface area contributed by atoms with E-state index in [4.69, 9.17) is 0 Å². The number of halogens is 2. The van der Waals surface area contributed by atoms with E-state index in [1.54, 1.807) is 12.1 Å². The van der Waals surface area contributed by atoms with Gasteiger partial charge in [0.25, 0.3) is 5.91 Å². The van der Waals surface area contributed by atoms with E-state index in [1.165, 1.54) is 17.7 Å². The van der Waals surface area contributed by atoms with Crippen LogP contribution in [0.15, 0.2) is 48.5 Å². The largest absolute Gasteiger partial charge is 0.435 e. The monoisotopic (exact) mass is 390 g/mol. The molecule has 28 heavy (non-hydrogen) atoms. The Morgan fingerprint density at radius 2 is 1.64 bits per heavy atom. The lowest BCUT2D eigenvalue weighted by atomic mass is 10.1. The van der Waals surface area contributed by atoms with Gasteiger partial charge in [0, 0.05) is 24.7 Å². The van der Waals surface area contributed by atoms with Crippen LogP contribution >= 0.6 is 0 Å². The van der Waals surface area contributed by atoms with Crippen molar-refractivity contribution in [1.29, 1.82) is 0 Å². The highest BCUT2D eigenvalue weighted by Crippen LogP contribution is 2.15. The summed E-state index contributed by atoms with van der Waals surface area (Å²) in [4.78, 5) is 14.6. The molecule has 0 radical (unpaired) electrons. The van der Waals surface area contributed by atoms with E-state index in [-0.39, 0.29) is 11.7 Å². The van der Waals surface area contributed by atoms with E-state index in [2.05, 4.69) is 35.7 Å². The molecule has 0 saturated heterocycles. The van der Waals surface area contributed by atoms with Crippen LogP contribution in [0.25, 0.3) is 0 Å². The van der Waals surface area contributed by atoms with Crippen molar-refractivity contribution >= 4 is 5.91 Å². The molecule has 1 N–H and O–H groups in total. The third kappa shape index (κ3) is 6.93. The number of nitrogens with one attached hydrogen (secondary N) is 1. The molecule has 0 aliphatic carbocycles. The van der Waals surface area contributed by atoms with Gasteiger partial charge in [-0.1, -0.05) is 31.2 Å². The zero-order valence-electron chi connectivity index (χ0n) is 16.6. The molecular formula is C22H28F2N2O2. The number of carbonyl (C=O) groups is 1. The SMILES string of the molecule is CCN(Cc1ccc(C(=O)NCCc2ccc(OC(F)F)cc2)cc1)C(C)C. The Morgan fingerprint density at radius 3 is 2.18 bits per heavy atom. The summed E-state index contributed by atoms with van der Waals surface area (Å²) in [7, 11) is 0. The molecule has 0 atom stereocenters. The fourth-order valence-electron chi connectivity index (χ4n) is 2.92. The normalized spacial score (nSPS) is 11.3. The first-order valence-corrected chi connectivity index (χ1v) is 9.54. The van der Waals surface area contributed by atoms with Crippen molar-refractivity contribution in [2.24, 2.45) is 0 Å². The molecule has 4 nitrogen and oxygen atoms in total. The summed E-state index contributed by atoms with van der Waals surface area (Å²) in [6.45, 7) is 5.96. The molecule has 0 aliphatic heterocycles. The number of nitrogens with zero attached hydrogens (tertiary/aromatic N) is 1. The molecular weight excluding hydrogens is 362 g/mol. The molecule has 6 heteroatoms. The van der Waals surface area contributed by atoms with Gasteiger partial charge in [-0.15, -0.1) is 0 Å². The molecule has 0 fully saturated rings. The van der Waals surface area contributed by atoms with Gasteiger partial charge in [-0.05, 0) is 62.2 Å². The van der Waals surface area contributed by atoms with Gasteiger partial charge in [-0.3, -0.25) is 9.69 Å². The van der Waals surface area contributed by atoms with Gasteiger partial charge in [-0.2, -0.15) is 8.78 Å². The van der Waals surface area contributed by atoms with Crippen molar-refractivity contribution in [2.75, 3.05) is 13.1 Å². The number of hydrogen-bond acceptors (Lipinski definition) is 3. The second-order valence-electron chi connectivity index (χ2n) is 6.88. The summed E-state index contributed by atoms with van der Waals surface area (Å²) < 4.78 is 28.6. The molecule has 2 rings (SSSR count). The Bertz CT molecular complexity index is 731. The molecule has 0 aromatic heterocycles. The third-order valence-electron chi connectivity index (χ3n) is 4.59. The smallest absolute Gasteiger partial charge is 0.387 e. The summed E-state index contributed by atoms with van der Waals surface area (Å²) >= 11 is 0. The van der Waals surface area contributed by atoms with E-state index in [0.717, 1.165) is 18.7 Å². The van der Waals surface area contributed by atoms with Gasteiger partial charge >= 0.3 is 6.61 Å². The maximum atomic E-state index is 12.3. The van der Waals surface area contributed by atoms with Crippen LogP contribution in [-0.4, -0.2) is 36.5 Å². The maximum absolute atomic E-state index is 12.3. The molecule has 0 spiro atoms. The molecule has 0 unspecified atom stereocenters. The Labute approximate surface area is 165 Å². The average molecular weight is 390 g/mol. The van der Waals surface area contributed by atoms with Gasteiger partial charge in [0.1, 0.15) is 5.75 Å². The Kier molecular flexibility index (Phi) is 8.39. The molecule has 0 bridgehead atoms. The molecule has 2 aromatic rings. The number of ether oxygens (including phenoxy) is 1. The number of alkyl halides is 2. The summed E-state index contributed by atoms with van der Waals surface area (Å²) in [6, 6.07) is 14.6. The highest BCUT2D eigenvalue weighted by molar-refractivity contribution is 5.94. The van der Waals surface area contributed by atoms with Crippen molar-refractivity contribution in [3.63, 3.8) is 0 Å². The second kappa shape index (κ2) is 10.8. The maximum Gasteiger partial charge on any atom is 0.387 e. The predicted molar refractivity (Wildman–Crippen MR) is 107 cm³/mol. The highest BCUT2D eigenvalue weighted by atomic mass is 19.3. The van der Waals surface area contributed by atoms with Gasteiger partial charge < -0.3 is 10.1 Å².